The summed E-state index contributed by atoms with van der Waals surface area (Å²) in [4.78, 5) is 12.6. The number of ether oxygens (including phenoxy) is 1. The molecule has 156 valence electrons. The summed E-state index contributed by atoms with van der Waals surface area (Å²) < 4.78 is 31.4. The summed E-state index contributed by atoms with van der Waals surface area (Å²) in [5.74, 6) is 1.74. The molecule has 1 N–H and O–H groups in total. The van der Waals surface area contributed by atoms with E-state index in [1.165, 1.54) is 9.87 Å². The Bertz CT molecular complexity index is 954. The molecule has 0 fully saturated rings. The van der Waals surface area contributed by atoms with E-state index in [2.05, 4.69) is 17.4 Å². The van der Waals surface area contributed by atoms with Gasteiger partial charge in [0.1, 0.15) is 5.75 Å². The molecule has 0 saturated heterocycles. The molecule has 1 aliphatic rings. The van der Waals surface area contributed by atoms with Crippen LogP contribution >= 0.6 is 23.4 Å². The van der Waals surface area contributed by atoms with Crippen LogP contribution < -0.4 is 14.4 Å². The number of carbonyl (C=O) groups is 1. The van der Waals surface area contributed by atoms with E-state index in [0.717, 1.165) is 17.8 Å². The Morgan fingerprint density at radius 1 is 1.28 bits per heavy atom. The van der Waals surface area contributed by atoms with Gasteiger partial charge in [0.25, 0.3) is 5.91 Å². The van der Waals surface area contributed by atoms with Crippen molar-refractivity contribution in [1.82, 2.24) is 5.32 Å². The Morgan fingerprint density at radius 3 is 2.76 bits per heavy atom. The molecule has 0 aliphatic carbocycles. The lowest BCUT2D eigenvalue weighted by atomic mass is 10.2. The van der Waals surface area contributed by atoms with Crippen LogP contribution in [0.25, 0.3) is 0 Å². The number of sulfonamides is 1. The molecule has 2 aromatic carbocycles. The summed E-state index contributed by atoms with van der Waals surface area (Å²) in [5, 5.41) is 3.29. The monoisotopic (exact) mass is 454 g/mol. The van der Waals surface area contributed by atoms with Gasteiger partial charge in [-0.25, -0.2) is 8.42 Å². The molecule has 0 unspecified atom stereocenters. The normalized spacial score (nSPS) is 16.5. The number of hydrogen-bond donors (Lipinski definition) is 1. The predicted molar refractivity (Wildman–Crippen MR) is 118 cm³/mol. The first-order valence-corrected chi connectivity index (χ1v) is 12.6. The number of thioether (sulfide) groups is 1. The highest BCUT2D eigenvalue weighted by Crippen LogP contribution is 2.36. The molecule has 0 bridgehead atoms. The molecule has 29 heavy (non-hydrogen) atoms. The zero-order valence-corrected chi connectivity index (χ0v) is 18.4. The van der Waals surface area contributed by atoms with Gasteiger partial charge in [-0.2, -0.15) is 11.8 Å². The highest BCUT2D eigenvalue weighted by atomic mass is 35.5. The quantitative estimate of drug-likeness (QED) is 0.649. The second kappa shape index (κ2) is 9.73. The van der Waals surface area contributed by atoms with Crippen molar-refractivity contribution < 1.29 is 17.9 Å². The van der Waals surface area contributed by atoms with E-state index in [9.17, 15) is 13.2 Å². The van der Waals surface area contributed by atoms with Gasteiger partial charge in [-0.1, -0.05) is 41.9 Å². The van der Waals surface area contributed by atoms with E-state index >= 15 is 0 Å². The third kappa shape index (κ3) is 6.04. The van der Waals surface area contributed by atoms with Crippen molar-refractivity contribution >= 4 is 45.0 Å². The molecule has 0 saturated carbocycles. The molecule has 1 amide bonds. The molecule has 3 rings (SSSR count). The number of rotatable bonds is 7. The average Bonchev–Trinajstić information content (AvgIpc) is 2.87. The van der Waals surface area contributed by atoms with Crippen LogP contribution in [0.15, 0.2) is 48.5 Å². The summed E-state index contributed by atoms with van der Waals surface area (Å²) >= 11 is 7.76. The fourth-order valence-corrected chi connectivity index (χ4v) is 4.93. The number of hydrogen-bond acceptors (Lipinski definition) is 5. The van der Waals surface area contributed by atoms with Crippen molar-refractivity contribution in [2.75, 3.05) is 29.4 Å². The Morgan fingerprint density at radius 2 is 2.03 bits per heavy atom. The number of carbonyl (C=O) groups excluding carboxylic acids is 1. The minimum atomic E-state index is -3.52. The molecule has 1 aliphatic heterocycles. The van der Waals surface area contributed by atoms with Gasteiger partial charge in [-0.3, -0.25) is 9.10 Å². The van der Waals surface area contributed by atoms with Gasteiger partial charge in [-0.15, -0.1) is 0 Å². The fraction of sp³-hybridized carbons (Fsp3) is 0.350. The van der Waals surface area contributed by atoms with Crippen molar-refractivity contribution in [1.29, 1.82) is 0 Å². The minimum Gasteiger partial charge on any atom is -0.478 e. The van der Waals surface area contributed by atoms with E-state index in [4.69, 9.17) is 16.3 Å². The van der Waals surface area contributed by atoms with E-state index in [-0.39, 0.29) is 18.9 Å². The number of benzene rings is 2. The Balaban J connectivity index is 1.57. The first-order valence-electron chi connectivity index (χ1n) is 9.18. The summed E-state index contributed by atoms with van der Waals surface area (Å²) in [6.07, 6.45) is 0.616. The Hall–Kier alpha value is -1.90. The number of amides is 1. The van der Waals surface area contributed by atoms with Crippen molar-refractivity contribution in [2.45, 2.75) is 18.3 Å². The Labute approximate surface area is 180 Å². The van der Waals surface area contributed by atoms with Crippen LogP contribution in [-0.4, -0.2) is 45.5 Å². The first kappa shape index (κ1) is 21.8. The minimum absolute atomic E-state index is 0.146. The summed E-state index contributed by atoms with van der Waals surface area (Å²) in [7, 11) is -3.52. The highest BCUT2D eigenvalue weighted by molar-refractivity contribution is 7.98. The van der Waals surface area contributed by atoms with Crippen molar-refractivity contribution in [3.63, 3.8) is 0 Å². The lowest BCUT2D eigenvalue weighted by Crippen LogP contribution is -2.40. The summed E-state index contributed by atoms with van der Waals surface area (Å²) in [6, 6.07) is 14.9. The molecular weight excluding hydrogens is 432 g/mol. The van der Waals surface area contributed by atoms with Crippen LogP contribution in [-0.2, 0) is 20.6 Å². The lowest BCUT2D eigenvalue weighted by Gasteiger charge is -2.21. The third-order valence-corrected chi connectivity index (χ3v) is 6.85. The van der Waals surface area contributed by atoms with Gasteiger partial charge in [0.05, 0.1) is 11.9 Å². The SMILES string of the molecule is CS(=O)(=O)N1CC[C@@H](C(=O)NCCSCc2ccccc2)Oc2ccc(Cl)cc21. The number of halogens is 1. The maximum Gasteiger partial charge on any atom is 0.261 e. The van der Waals surface area contributed by atoms with E-state index in [1.807, 2.05) is 18.2 Å². The zero-order valence-electron chi connectivity index (χ0n) is 16.0. The van der Waals surface area contributed by atoms with Crippen LogP contribution in [0.5, 0.6) is 5.75 Å². The molecule has 6 nitrogen and oxygen atoms in total. The smallest absolute Gasteiger partial charge is 0.261 e. The Kier molecular flexibility index (Phi) is 7.32. The first-order chi connectivity index (χ1) is 13.8. The van der Waals surface area contributed by atoms with Gasteiger partial charge in [0.15, 0.2) is 6.10 Å². The van der Waals surface area contributed by atoms with Crippen molar-refractivity contribution in [3.05, 3.63) is 59.1 Å². The number of fused-ring (bicyclic) bond motifs is 1. The van der Waals surface area contributed by atoms with Crippen LogP contribution in [0.1, 0.15) is 12.0 Å². The number of nitrogens with one attached hydrogen (secondary N) is 1. The molecule has 1 heterocycles. The van der Waals surface area contributed by atoms with E-state index < -0.39 is 16.1 Å². The van der Waals surface area contributed by atoms with Crippen molar-refractivity contribution in [3.8, 4) is 5.75 Å². The van der Waals surface area contributed by atoms with Crippen molar-refractivity contribution in [2.24, 2.45) is 0 Å². The summed E-state index contributed by atoms with van der Waals surface area (Å²) in [5.41, 5.74) is 1.60. The van der Waals surface area contributed by atoms with Gasteiger partial charge >= 0.3 is 0 Å². The van der Waals surface area contributed by atoms with Crippen LogP contribution in [0, 0.1) is 0 Å². The zero-order chi connectivity index (χ0) is 20.9. The van der Waals surface area contributed by atoms with Gasteiger partial charge in [0, 0.05) is 36.0 Å². The number of nitrogens with zero attached hydrogens (tertiary/aromatic N) is 1. The topological polar surface area (TPSA) is 75.7 Å². The van der Waals surface area contributed by atoms with E-state index in [0.29, 0.717) is 23.0 Å². The van der Waals surface area contributed by atoms with Crippen LogP contribution in [0.2, 0.25) is 5.02 Å². The largest absolute Gasteiger partial charge is 0.478 e. The lowest BCUT2D eigenvalue weighted by molar-refractivity contribution is -0.127. The molecular formula is C20H23ClN2O4S2. The summed E-state index contributed by atoms with van der Waals surface area (Å²) in [6.45, 7) is 0.659. The molecule has 1 atom stereocenters. The van der Waals surface area contributed by atoms with E-state index in [1.54, 1.807) is 30.0 Å². The van der Waals surface area contributed by atoms with Crippen LogP contribution in [0.4, 0.5) is 5.69 Å². The molecule has 0 spiro atoms. The van der Waals surface area contributed by atoms with Crippen LogP contribution in [0.3, 0.4) is 0 Å². The second-order valence-corrected chi connectivity index (χ2v) is 10.1. The van der Waals surface area contributed by atoms with Gasteiger partial charge < -0.3 is 10.1 Å². The van der Waals surface area contributed by atoms with Gasteiger partial charge in [0.2, 0.25) is 10.0 Å². The predicted octanol–water partition coefficient (Wildman–Crippen LogP) is 3.31. The highest BCUT2D eigenvalue weighted by Gasteiger charge is 2.31. The standard InChI is InChI=1S/C20H23ClN2O4S2/c1-29(25,26)23-11-9-19(27-18-8-7-16(21)13-17(18)23)20(24)22-10-12-28-14-15-5-3-2-4-6-15/h2-8,13,19H,9-12,14H2,1H3,(H,22,24)/t19-/m0/s1. The maximum absolute atomic E-state index is 12.6. The fourth-order valence-electron chi connectivity index (χ4n) is 3.01. The second-order valence-electron chi connectivity index (χ2n) is 6.67. The molecule has 9 heteroatoms. The number of anilines is 1. The van der Waals surface area contributed by atoms with Gasteiger partial charge in [-0.05, 0) is 23.8 Å². The average molecular weight is 455 g/mol. The maximum atomic E-state index is 12.6. The molecule has 0 aromatic heterocycles. The molecule has 0 radical (unpaired) electrons. The third-order valence-electron chi connectivity index (χ3n) is 4.40. The molecule has 2 aromatic rings.